The number of para-hydroxylation sites is 1. The lowest BCUT2D eigenvalue weighted by Crippen LogP contribution is -1.97. The quantitative estimate of drug-likeness (QED) is 0.817. The number of hydrogen-bond acceptors (Lipinski definition) is 2. The minimum absolute atomic E-state index is 0.390. The number of rotatable bonds is 4. The zero-order valence-corrected chi connectivity index (χ0v) is 11.3. The van der Waals surface area contributed by atoms with E-state index in [0.717, 1.165) is 11.3 Å². The second-order valence-corrected chi connectivity index (χ2v) is 4.51. The highest BCUT2D eigenvalue weighted by molar-refractivity contribution is 6.37. The van der Waals surface area contributed by atoms with Gasteiger partial charge in [0.15, 0.2) is 5.75 Å². The van der Waals surface area contributed by atoms with Crippen LogP contribution in [0.5, 0.6) is 11.5 Å². The monoisotopic (exact) mass is 282 g/mol. The van der Waals surface area contributed by atoms with Crippen molar-refractivity contribution in [1.29, 1.82) is 0 Å². The maximum absolute atomic E-state index is 6.02. The van der Waals surface area contributed by atoms with Crippen LogP contribution in [0.2, 0.25) is 10.0 Å². The van der Waals surface area contributed by atoms with Crippen LogP contribution in [-0.2, 0) is 6.61 Å². The second kappa shape index (κ2) is 5.98. The van der Waals surface area contributed by atoms with E-state index in [4.69, 9.17) is 32.7 Å². The van der Waals surface area contributed by atoms with E-state index in [2.05, 4.69) is 0 Å². The van der Waals surface area contributed by atoms with E-state index in [0.29, 0.717) is 22.4 Å². The van der Waals surface area contributed by atoms with E-state index in [9.17, 15) is 0 Å². The number of halogens is 2. The number of hydrogen-bond donors (Lipinski definition) is 0. The van der Waals surface area contributed by atoms with Gasteiger partial charge in [-0.1, -0.05) is 41.4 Å². The fraction of sp³-hybridized carbons (Fsp3) is 0.143. The van der Waals surface area contributed by atoms with E-state index >= 15 is 0 Å². The zero-order valence-electron chi connectivity index (χ0n) is 9.82. The van der Waals surface area contributed by atoms with Crippen molar-refractivity contribution in [3.8, 4) is 11.5 Å². The molecule has 0 aliphatic heterocycles. The van der Waals surface area contributed by atoms with Crippen molar-refractivity contribution >= 4 is 23.2 Å². The van der Waals surface area contributed by atoms with Gasteiger partial charge in [-0.15, -0.1) is 0 Å². The summed E-state index contributed by atoms with van der Waals surface area (Å²) < 4.78 is 10.8. The first-order valence-electron chi connectivity index (χ1n) is 5.40. The van der Waals surface area contributed by atoms with Crippen LogP contribution in [0.15, 0.2) is 42.5 Å². The van der Waals surface area contributed by atoms with Gasteiger partial charge in [0, 0.05) is 0 Å². The summed E-state index contributed by atoms with van der Waals surface area (Å²) in [5.41, 5.74) is 0.991. The first-order valence-corrected chi connectivity index (χ1v) is 6.16. The van der Waals surface area contributed by atoms with E-state index in [1.807, 2.05) is 24.3 Å². The summed E-state index contributed by atoms with van der Waals surface area (Å²) in [7, 11) is 1.63. The summed E-state index contributed by atoms with van der Waals surface area (Å²) in [4.78, 5) is 0. The third kappa shape index (κ3) is 3.09. The van der Waals surface area contributed by atoms with Gasteiger partial charge in [0.1, 0.15) is 12.4 Å². The molecule has 0 unspecified atom stereocenters. The van der Waals surface area contributed by atoms with E-state index in [1.54, 1.807) is 25.3 Å². The Hall–Kier alpha value is -1.38. The van der Waals surface area contributed by atoms with E-state index in [-0.39, 0.29) is 0 Å². The van der Waals surface area contributed by atoms with Crippen LogP contribution in [0, 0.1) is 0 Å². The van der Waals surface area contributed by atoms with Crippen molar-refractivity contribution < 1.29 is 9.47 Å². The third-order valence-corrected chi connectivity index (χ3v) is 3.03. The molecule has 2 nitrogen and oxygen atoms in total. The summed E-state index contributed by atoms with van der Waals surface area (Å²) >= 11 is 12.0. The molecule has 0 saturated heterocycles. The standard InChI is InChI=1S/C14H12Cl2O2/c1-17-11-5-2-4-10(8-11)9-18-14-12(15)6-3-7-13(14)16/h2-8H,9H2,1H3. The molecule has 0 saturated carbocycles. The maximum atomic E-state index is 6.02. The molecule has 94 valence electrons. The lowest BCUT2D eigenvalue weighted by atomic mass is 10.2. The molecule has 0 aliphatic rings. The SMILES string of the molecule is COc1cccc(COc2c(Cl)cccc2Cl)c1. The van der Waals surface area contributed by atoms with Gasteiger partial charge in [-0.25, -0.2) is 0 Å². The Bertz CT molecular complexity index is 521. The molecule has 0 fully saturated rings. The fourth-order valence-corrected chi connectivity index (χ4v) is 2.04. The third-order valence-electron chi connectivity index (χ3n) is 2.44. The van der Waals surface area contributed by atoms with E-state index < -0.39 is 0 Å². The molecule has 0 radical (unpaired) electrons. The summed E-state index contributed by atoms with van der Waals surface area (Å²) in [6, 6.07) is 12.9. The lowest BCUT2D eigenvalue weighted by Gasteiger charge is -2.10. The van der Waals surface area contributed by atoms with Crippen molar-refractivity contribution in [3.05, 3.63) is 58.1 Å². The molecule has 0 amide bonds. The average molecular weight is 283 g/mol. The molecular weight excluding hydrogens is 271 g/mol. The van der Waals surface area contributed by atoms with Crippen molar-refractivity contribution in [1.82, 2.24) is 0 Å². The van der Waals surface area contributed by atoms with Gasteiger partial charge in [-0.05, 0) is 29.8 Å². The molecule has 0 spiro atoms. The predicted octanol–water partition coefficient (Wildman–Crippen LogP) is 4.58. The van der Waals surface area contributed by atoms with Gasteiger partial charge in [0.25, 0.3) is 0 Å². The molecule has 0 bridgehead atoms. The Balaban J connectivity index is 2.11. The molecule has 0 heterocycles. The Morgan fingerprint density at radius 3 is 2.33 bits per heavy atom. The second-order valence-electron chi connectivity index (χ2n) is 3.69. The van der Waals surface area contributed by atoms with Gasteiger partial charge in [-0.3, -0.25) is 0 Å². The molecule has 18 heavy (non-hydrogen) atoms. The zero-order chi connectivity index (χ0) is 13.0. The molecule has 2 aromatic carbocycles. The molecule has 0 aliphatic carbocycles. The Morgan fingerprint density at radius 1 is 1.00 bits per heavy atom. The Kier molecular flexibility index (Phi) is 4.34. The van der Waals surface area contributed by atoms with Crippen LogP contribution in [0.1, 0.15) is 5.56 Å². The number of methoxy groups -OCH3 is 1. The van der Waals surface area contributed by atoms with Crippen molar-refractivity contribution in [3.63, 3.8) is 0 Å². The molecule has 2 aromatic rings. The van der Waals surface area contributed by atoms with Crippen molar-refractivity contribution in [2.24, 2.45) is 0 Å². The normalized spacial score (nSPS) is 10.2. The maximum Gasteiger partial charge on any atom is 0.156 e. The topological polar surface area (TPSA) is 18.5 Å². The van der Waals surface area contributed by atoms with Gasteiger partial charge < -0.3 is 9.47 Å². The van der Waals surface area contributed by atoms with Crippen molar-refractivity contribution in [2.45, 2.75) is 6.61 Å². The predicted molar refractivity (Wildman–Crippen MR) is 73.8 cm³/mol. The highest BCUT2D eigenvalue weighted by atomic mass is 35.5. The average Bonchev–Trinajstić information content (AvgIpc) is 2.38. The summed E-state index contributed by atoms with van der Waals surface area (Å²) in [6.45, 7) is 0.390. The van der Waals surface area contributed by atoms with Crippen LogP contribution in [0.4, 0.5) is 0 Å². The summed E-state index contributed by atoms with van der Waals surface area (Å²) in [5.74, 6) is 1.30. The summed E-state index contributed by atoms with van der Waals surface area (Å²) in [5, 5.41) is 1.01. The molecular formula is C14H12Cl2O2. The van der Waals surface area contributed by atoms with Crippen LogP contribution in [0.25, 0.3) is 0 Å². The van der Waals surface area contributed by atoms with Gasteiger partial charge in [0.2, 0.25) is 0 Å². The van der Waals surface area contributed by atoms with Crippen LogP contribution in [-0.4, -0.2) is 7.11 Å². The Morgan fingerprint density at radius 2 is 1.67 bits per heavy atom. The van der Waals surface area contributed by atoms with Crippen molar-refractivity contribution in [2.75, 3.05) is 7.11 Å². The van der Waals surface area contributed by atoms with Gasteiger partial charge in [0.05, 0.1) is 17.2 Å². The summed E-state index contributed by atoms with van der Waals surface area (Å²) in [6.07, 6.45) is 0. The van der Waals surface area contributed by atoms with Crippen LogP contribution < -0.4 is 9.47 Å². The molecule has 0 atom stereocenters. The smallest absolute Gasteiger partial charge is 0.156 e. The molecule has 0 aromatic heterocycles. The number of benzene rings is 2. The van der Waals surface area contributed by atoms with Gasteiger partial charge in [-0.2, -0.15) is 0 Å². The van der Waals surface area contributed by atoms with E-state index in [1.165, 1.54) is 0 Å². The highest BCUT2D eigenvalue weighted by Gasteiger charge is 2.06. The Labute approximate surface area is 116 Å². The van der Waals surface area contributed by atoms with Gasteiger partial charge >= 0.3 is 0 Å². The lowest BCUT2D eigenvalue weighted by molar-refractivity contribution is 0.305. The minimum atomic E-state index is 0.390. The first kappa shape index (κ1) is 13.1. The minimum Gasteiger partial charge on any atom is -0.497 e. The first-order chi connectivity index (χ1) is 8.70. The number of ether oxygens (including phenoxy) is 2. The fourth-order valence-electron chi connectivity index (χ4n) is 1.54. The molecule has 4 heteroatoms. The molecule has 0 N–H and O–H groups in total. The largest absolute Gasteiger partial charge is 0.497 e. The van der Waals surface area contributed by atoms with Crippen LogP contribution in [0.3, 0.4) is 0 Å². The van der Waals surface area contributed by atoms with Crippen LogP contribution >= 0.6 is 23.2 Å². The highest BCUT2D eigenvalue weighted by Crippen LogP contribution is 2.33. The molecule has 2 rings (SSSR count).